The molecule has 0 amide bonds. The maximum atomic E-state index is 13.1. The van der Waals surface area contributed by atoms with Gasteiger partial charge in [-0.25, -0.2) is 21.9 Å². The van der Waals surface area contributed by atoms with Crippen LogP contribution >= 0.6 is 0 Å². The minimum Gasteiger partial charge on any atom is -0.303 e. The lowest BCUT2D eigenvalue weighted by atomic mass is 10.1. The van der Waals surface area contributed by atoms with Gasteiger partial charge in [-0.05, 0) is 57.1 Å². The standard InChI is InChI=1S/C14H20F2N2O2S/c15-13-6-5-12(11-14(13)16)21(19,20)17-7-4-10-18-8-2-1-3-9-18/h5-6,11,17H,1-4,7-10H2. The molecule has 1 aliphatic rings. The van der Waals surface area contributed by atoms with Gasteiger partial charge in [0.05, 0.1) is 4.90 Å². The van der Waals surface area contributed by atoms with Gasteiger partial charge in [0, 0.05) is 6.54 Å². The first kappa shape index (κ1) is 16.3. The van der Waals surface area contributed by atoms with E-state index in [4.69, 9.17) is 0 Å². The second-order valence-electron chi connectivity index (χ2n) is 5.23. The Morgan fingerprint density at radius 1 is 1.10 bits per heavy atom. The summed E-state index contributed by atoms with van der Waals surface area (Å²) in [7, 11) is -3.78. The van der Waals surface area contributed by atoms with E-state index in [0.717, 1.165) is 31.8 Å². The first-order valence-electron chi connectivity index (χ1n) is 7.16. The highest BCUT2D eigenvalue weighted by atomic mass is 32.2. The first-order valence-corrected chi connectivity index (χ1v) is 8.64. The zero-order chi connectivity index (χ0) is 15.3. The number of nitrogens with zero attached hydrogens (tertiary/aromatic N) is 1. The molecule has 0 bridgehead atoms. The summed E-state index contributed by atoms with van der Waals surface area (Å²) >= 11 is 0. The van der Waals surface area contributed by atoms with Crippen LogP contribution in [-0.4, -0.2) is 39.5 Å². The van der Waals surface area contributed by atoms with Gasteiger partial charge in [-0.15, -0.1) is 0 Å². The van der Waals surface area contributed by atoms with E-state index in [1.54, 1.807) is 0 Å². The smallest absolute Gasteiger partial charge is 0.240 e. The predicted octanol–water partition coefficient (Wildman–Crippen LogP) is 2.12. The van der Waals surface area contributed by atoms with Crippen LogP contribution in [0.25, 0.3) is 0 Å². The summed E-state index contributed by atoms with van der Waals surface area (Å²) in [6, 6.07) is 2.57. The van der Waals surface area contributed by atoms with Crippen molar-refractivity contribution in [2.45, 2.75) is 30.6 Å². The summed E-state index contributed by atoms with van der Waals surface area (Å²) in [5, 5.41) is 0. The van der Waals surface area contributed by atoms with Crippen LogP contribution in [0.1, 0.15) is 25.7 Å². The molecule has 1 fully saturated rings. The number of benzene rings is 1. The largest absolute Gasteiger partial charge is 0.303 e. The molecule has 1 aliphatic heterocycles. The van der Waals surface area contributed by atoms with Gasteiger partial charge in [0.15, 0.2) is 11.6 Å². The summed E-state index contributed by atoms with van der Waals surface area (Å²) < 4.78 is 52.2. The molecular weight excluding hydrogens is 298 g/mol. The molecule has 1 heterocycles. The average molecular weight is 318 g/mol. The lowest BCUT2D eigenvalue weighted by Crippen LogP contribution is -2.33. The van der Waals surface area contributed by atoms with Gasteiger partial charge in [-0.2, -0.15) is 0 Å². The third kappa shape index (κ3) is 4.72. The Hall–Kier alpha value is -1.05. The van der Waals surface area contributed by atoms with Crippen molar-refractivity contribution >= 4 is 10.0 Å². The van der Waals surface area contributed by atoms with Crippen LogP contribution in [0.2, 0.25) is 0 Å². The third-order valence-electron chi connectivity index (χ3n) is 3.59. The molecule has 0 aliphatic carbocycles. The molecule has 0 radical (unpaired) electrons. The van der Waals surface area contributed by atoms with E-state index < -0.39 is 21.7 Å². The SMILES string of the molecule is O=S(=O)(NCCCN1CCCCC1)c1ccc(F)c(F)c1. The highest BCUT2D eigenvalue weighted by Gasteiger charge is 2.16. The van der Waals surface area contributed by atoms with Crippen molar-refractivity contribution in [1.29, 1.82) is 0 Å². The number of sulfonamides is 1. The quantitative estimate of drug-likeness (QED) is 0.818. The lowest BCUT2D eigenvalue weighted by molar-refractivity contribution is 0.227. The second-order valence-corrected chi connectivity index (χ2v) is 7.00. The molecule has 4 nitrogen and oxygen atoms in total. The minimum absolute atomic E-state index is 0.251. The van der Waals surface area contributed by atoms with Gasteiger partial charge in [-0.1, -0.05) is 6.42 Å². The third-order valence-corrected chi connectivity index (χ3v) is 5.05. The maximum Gasteiger partial charge on any atom is 0.240 e. The molecule has 2 rings (SSSR count). The van der Waals surface area contributed by atoms with E-state index in [0.29, 0.717) is 12.5 Å². The average Bonchev–Trinajstić information content (AvgIpc) is 2.47. The fraction of sp³-hybridized carbons (Fsp3) is 0.571. The molecule has 0 atom stereocenters. The van der Waals surface area contributed by atoms with Crippen molar-refractivity contribution in [3.05, 3.63) is 29.8 Å². The van der Waals surface area contributed by atoms with Crippen LogP contribution in [0.3, 0.4) is 0 Å². The number of hydrogen-bond donors (Lipinski definition) is 1. The van der Waals surface area contributed by atoms with Crippen LogP contribution in [0.5, 0.6) is 0 Å². The molecule has 0 unspecified atom stereocenters. The molecule has 1 aromatic rings. The van der Waals surface area contributed by atoms with Crippen LogP contribution < -0.4 is 4.72 Å². The van der Waals surface area contributed by atoms with Crippen LogP contribution in [0.15, 0.2) is 23.1 Å². The highest BCUT2D eigenvalue weighted by Crippen LogP contribution is 2.13. The van der Waals surface area contributed by atoms with Gasteiger partial charge in [0.25, 0.3) is 0 Å². The van der Waals surface area contributed by atoms with Gasteiger partial charge in [0.1, 0.15) is 0 Å². The summed E-state index contributed by atoms with van der Waals surface area (Å²) in [4.78, 5) is 2.06. The van der Waals surface area contributed by atoms with Crippen molar-refractivity contribution in [2.24, 2.45) is 0 Å². The van der Waals surface area contributed by atoms with Gasteiger partial charge in [0.2, 0.25) is 10.0 Å². The number of hydrogen-bond acceptors (Lipinski definition) is 3. The fourth-order valence-corrected chi connectivity index (χ4v) is 3.51. The normalized spacial score (nSPS) is 17.0. The van der Waals surface area contributed by atoms with E-state index in [1.165, 1.54) is 19.3 Å². The number of likely N-dealkylation sites (tertiary alicyclic amines) is 1. The predicted molar refractivity (Wildman–Crippen MR) is 76.5 cm³/mol. The molecule has 118 valence electrons. The molecule has 1 N–H and O–H groups in total. The zero-order valence-electron chi connectivity index (χ0n) is 11.8. The Morgan fingerprint density at radius 2 is 1.81 bits per heavy atom. The van der Waals surface area contributed by atoms with E-state index in [9.17, 15) is 17.2 Å². The highest BCUT2D eigenvalue weighted by molar-refractivity contribution is 7.89. The number of piperidine rings is 1. The first-order chi connectivity index (χ1) is 9.99. The lowest BCUT2D eigenvalue weighted by Gasteiger charge is -2.26. The molecule has 1 aromatic carbocycles. The summed E-state index contributed by atoms with van der Waals surface area (Å²) in [6.45, 7) is 3.27. The van der Waals surface area contributed by atoms with E-state index in [-0.39, 0.29) is 11.4 Å². The van der Waals surface area contributed by atoms with Crippen molar-refractivity contribution in [1.82, 2.24) is 9.62 Å². The maximum absolute atomic E-state index is 13.1. The molecular formula is C14H20F2N2O2S. The van der Waals surface area contributed by atoms with Crippen molar-refractivity contribution in [3.63, 3.8) is 0 Å². The van der Waals surface area contributed by atoms with Gasteiger partial charge in [-0.3, -0.25) is 0 Å². The fourth-order valence-electron chi connectivity index (χ4n) is 2.42. The van der Waals surface area contributed by atoms with E-state index in [2.05, 4.69) is 9.62 Å². The summed E-state index contributed by atoms with van der Waals surface area (Å²) in [6.07, 6.45) is 4.35. The molecule has 1 saturated heterocycles. The second kappa shape index (κ2) is 7.29. The van der Waals surface area contributed by atoms with Crippen LogP contribution in [0, 0.1) is 11.6 Å². The van der Waals surface area contributed by atoms with Crippen LogP contribution in [0.4, 0.5) is 8.78 Å². The summed E-state index contributed by atoms with van der Waals surface area (Å²) in [5.74, 6) is -2.22. The Kier molecular flexibility index (Phi) is 5.66. The summed E-state index contributed by atoms with van der Waals surface area (Å²) in [5.41, 5.74) is 0. The molecule has 21 heavy (non-hydrogen) atoms. The Morgan fingerprint density at radius 3 is 2.48 bits per heavy atom. The topological polar surface area (TPSA) is 49.4 Å². The Bertz CT molecular complexity index is 572. The number of halogens is 2. The van der Waals surface area contributed by atoms with Crippen molar-refractivity contribution in [3.8, 4) is 0 Å². The van der Waals surface area contributed by atoms with Crippen molar-refractivity contribution < 1.29 is 17.2 Å². The Balaban J connectivity index is 1.82. The molecule has 0 saturated carbocycles. The molecule has 0 spiro atoms. The monoisotopic (exact) mass is 318 g/mol. The van der Waals surface area contributed by atoms with E-state index >= 15 is 0 Å². The van der Waals surface area contributed by atoms with E-state index in [1.807, 2.05) is 0 Å². The Labute approximate surface area is 124 Å². The van der Waals surface area contributed by atoms with Crippen LogP contribution in [-0.2, 0) is 10.0 Å². The van der Waals surface area contributed by atoms with Gasteiger partial charge >= 0.3 is 0 Å². The number of nitrogens with one attached hydrogen (secondary N) is 1. The zero-order valence-corrected chi connectivity index (χ0v) is 12.6. The number of rotatable bonds is 6. The van der Waals surface area contributed by atoms with Gasteiger partial charge < -0.3 is 4.90 Å². The molecule has 7 heteroatoms. The minimum atomic E-state index is -3.78. The molecule has 0 aromatic heterocycles. The van der Waals surface area contributed by atoms with Crippen molar-refractivity contribution in [2.75, 3.05) is 26.2 Å².